The van der Waals surface area contributed by atoms with Crippen molar-refractivity contribution >= 4 is 5.97 Å². The van der Waals surface area contributed by atoms with E-state index in [-0.39, 0.29) is 11.7 Å². The summed E-state index contributed by atoms with van der Waals surface area (Å²) in [7, 11) is 0. The highest BCUT2D eigenvalue weighted by Gasteiger charge is 2.22. The molecule has 0 aromatic heterocycles. The molecule has 0 amide bonds. The van der Waals surface area contributed by atoms with Crippen LogP contribution in [0.3, 0.4) is 0 Å². The zero-order valence-electron chi connectivity index (χ0n) is 9.83. The first-order valence-electron chi connectivity index (χ1n) is 5.49. The first kappa shape index (κ1) is 12.7. The van der Waals surface area contributed by atoms with Crippen LogP contribution < -0.4 is 0 Å². The number of carboxylic acid groups (broad SMARTS) is 1. The first-order chi connectivity index (χ1) is 7.47. The Balaban J connectivity index is 3.27. The lowest BCUT2D eigenvalue weighted by molar-refractivity contribution is -0.138. The lowest BCUT2D eigenvalue weighted by Crippen LogP contribution is -2.13. The molecular formula is C13H17FO2. The fourth-order valence-corrected chi connectivity index (χ4v) is 1.90. The van der Waals surface area contributed by atoms with Crippen LogP contribution in [-0.2, 0) is 4.79 Å². The maximum Gasteiger partial charge on any atom is 0.310 e. The molecule has 1 rings (SSSR count). The van der Waals surface area contributed by atoms with Crippen LogP contribution in [-0.4, -0.2) is 11.1 Å². The van der Waals surface area contributed by atoms with E-state index in [0.29, 0.717) is 12.0 Å². The van der Waals surface area contributed by atoms with Crippen LogP contribution >= 0.6 is 0 Å². The van der Waals surface area contributed by atoms with Crippen molar-refractivity contribution < 1.29 is 14.3 Å². The summed E-state index contributed by atoms with van der Waals surface area (Å²) in [4.78, 5) is 11.1. The molecular weight excluding hydrogens is 207 g/mol. The van der Waals surface area contributed by atoms with E-state index >= 15 is 0 Å². The minimum absolute atomic E-state index is 0.198. The van der Waals surface area contributed by atoms with Gasteiger partial charge in [-0.1, -0.05) is 26.8 Å². The third-order valence-electron chi connectivity index (χ3n) is 2.75. The second-order valence-corrected chi connectivity index (χ2v) is 4.23. The highest BCUT2D eigenvalue weighted by molar-refractivity contribution is 5.76. The van der Waals surface area contributed by atoms with Crippen LogP contribution in [0.5, 0.6) is 0 Å². The van der Waals surface area contributed by atoms with Gasteiger partial charge in [-0.25, -0.2) is 4.39 Å². The van der Waals surface area contributed by atoms with Crippen molar-refractivity contribution in [1.29, 1.82) is 0 Å². The summed E-state index contributed by atoms with van der Waals surface area (Å²) in [6.45, 7) is 5.75. The summed E-state index contributed by atoms with van der Waals surface area (Å²) in [5.41, 5.74) is 1.51. The Bertz CT molecular complexity index is 386. The number of carboxylic acids is 1. The van der Waals surface area contributed by atoms with E-state index in [4.69, 9.17) is 5.11 Å². The van der Waals surface area contributed by atoms with E-state index in [0.717, 1.165) is 5.56 Å². The fourth-order valence-electron chi connectivity index (χ4n) is 1.90. The first-order valence-corrected chi connectivity index (χ1v) is 5.49. The molecule has 2 nitrogen and oxygen atoms in total. The van der Waals surface area contributed by atoms with Gasteiger partial charge in [-0.05, 0) is 35.6 Å². The highest BCUT2D eigenvalue weighted by atomic mass is 19.1. The summed E-state index contributed by atoms with van der Waals surface area (Å²) >= 11 is 0. The van der Waals surface area contributed by atoms with Gasteiger partial charge in [0, 0.05) is 0 Å². The average molecular weight is 224 g/mol. The molecule has 0 bridgehead atoms. The van der Waals surface area contributed by atoms with Gasteiger partial charge in [-0.15, -0.1) is 0 Å². The Labute approximate surface area is 95.1 Å². The van der Waals surface area contributed by atoms with Gasteiger partial charge >= 0.3 is 5.97 Å². The van der Waals surface area contributed by atoms with Crippen molar-refractivity contribution in [3.63, 3.8) is 0 Å². The van der Waals surface area contributed by atoms with Gasteiger partial charge in [0.1, 0.15) is 5.82 Å². The van der Waals surface area contributed by atoms with Crippen molar-refractivity contribution in [3.05, 3.63) is 35.1 Å². The van der Waals surface area contributed by atoms with Crippen molar-refractivity contribution in [2.45, 2.75) is 39.0 Å². The third-order valence-corrected chi connectivity index (χ3v) is 2.75. The molecule has 3 heteroatoms. The molecule has 1 aromatic carbocycles. The average Bonchev–Trinajstić information content (AvgIpc) is 2.17. The van der Waals surface area contributed by atoms with Gasteiger partial charge in [0.05, 0.1) is 5.92 Å². The predicted octanol–water partition coefficient (Wildman–Crippen LogP) is 3.53. The number of halogens is 1. The van der Waals surface area contributed by atoms with Gasteiger partial charge in [-0.3, -0.25) is 4.79 Å². The monoisotopic (exact) mass is 224 g/mol. The molecule has 88 valence electrons. The van der Waals surface area contributed by atoms with Gasteiger partial charge in [-0.2, -0.15) is 0 Å². The molecule has 0 heterocycles. The number of carbonyl (C=O) groups is 1. The Kier molecular flexibility index (Phi) is 4.05. The Hall–Kier alpha value is -1.38. The predicted molar refractivity (Wildman–Crippen MR) is 61.2 cm³/mol. The van der Waals surface area contributed by atoms with E-state index < -0.39 is 11.9 Å². The number of hydrogen-bond donors (Lipinski definition) is 1. The molecule has 16 heavy (non-hydrogen) atoms. The number of benzene rings is 1. The number of aliphatic carboxylic acids is 1. The minimum atomic E-state index is -0.894. The molecule has 0 aliphatic rings. The summed E-state index contributed by atoms with van der Waals surface area (Å²) in [6, 6.07) is 4.41. The second-order valence-electron chi connectivity index (χ2n) is 4.23. The topological polar surface area (TPSA) is 37.3 Å². The molecule has 0 saturated carbocycles. The van der Waals surface area contributed by atoms with Gasteiger partial charge in [0.2, 0.25) is 0 Å². The molecule has 1 unspecified atom stereocenters. The quantitative estimate of drug-likeness (QED) is 0.849. The van der Waals surface area contributed by atoms with Crippen LogP contribution in [0.4, 0.5) is 4.39 Å². The smallest absolute Gasteiger partial charge is 0.310 e. The van der Waals surface area contributed by atoms with E-state index in [1.807, 2.05) is 13.8 Å². The SMILES string of the molecule is CCC(C(=O)O)c1cc(F)ccc1C(C)C. The van der Waals surface area contributed by atoms with Crippen molar-refractivity contribution in [1.82, 2.24) is 0 Å². The normalized spacial score (nSPS) is 12.8. The van der Waals surface area contributed by atoms with Gasteiger partial charge < -0.3 is 5.11 Å². The Morgan fingerprint density at radius 2 is 2.00 bits per heavy atom. The van der Waals surface area contributed by atoms with Crippen molar-refractivity contribution in [3.8, 4) is 0 Å². The zero-order chi connectivity index (χ0) is 12.3. The standard InChI is InChI=1S/C13H17FO2/c1-4-10(13(15)16)12-7-9(14)5-6-11(12)8(2)3/h5-8,10H,4H2,1-3H3,(H,15,16). The maximum absolute atomic E-state index is 13.2. The minimum Gasteiger partial charge on any atom is -0.481 e. The highest BCUT2D eigenvalue weighted by Crippen LogP contribution is 2.29. The van der Waals surface area contributed by atoms with Crippen LogP contribution in [0.25, 0.3) is 0 Å². The summed E-state index contributed by atoms with van der Waals surface area (Å²) in [5, 5.41) is 9.10. The molecule has 0 fully saturated rings. The van der Waals surface area contributed by atoms with Crippen LogP contribution in [0.15, 0.2) is 18.2 Å². The molecule has 0 spiro atoms. The van der Waals surface area contributed by atoms with Crippen LogP contribution in [0.1, 0.15) is 50.2 Å². The molecule has 0 aliphatic carbocycles. The van der Waals surface area contributed by atoms with E-state index in [2.05, 4.69) is 0 Å². The van der Waals surface area contributed by atoms with Crippen LogP contribution in [0.2, 0.25) is 0 Å². The third kappa shape index (κ3) is 2.60. The second kappa shape index (κ2) is 5.10. The lowest BCUT2D eigenvalue weighted by atomic mass is 9.87. The van der Waals surface area contributed by atoms with Gasteiger partial charge in [0.25, 0.3) is 0 Å². The van der Waals surface area contributed by atoms with E-state index in [1.54, 1.807) is 13.0 Å². The van der Waals surface area contributed by atoms with Crippen molar-refractivity contribution in [2.24, 2.45) is 0 Å². The molecule has 0 aliphatic heterocycles. The zero-order valence-corrected chi connectivity index (χ0v) is 9.83. The lowest BCUT2D eigenvalue weighted by Gasteiger charge is -2.17. The van der Waals surface area contributed by atoms with Gasteiger partial charge in [0.15, 0.2) is 0 Å². The molecule has 0 saturated heterocycles. The molecule has 1 atom stereocenters. The van der Waals surface area contributed by atoms with Crippen molar-refractivity contribution in [2.75, 3.05) is 0 Å². The number of rotatable bonds is 4. The number of hydrogen-bond acceptors (Lipinski definition) is 1. The van der Waals surface area contributed by atoms with Crippen LogP contribution in [0, 0.1) is 5.82 Å². The van der Waals surface area contributed by atoms with E-state index in [1.165, 1.54) is 12.1 Å². The summed E-state index contributed by atoms with van der Waals surface area (Å²) in [6.07, 6.45) is 0.471. The summed E-state index contributed by atoms with van der Waals surface area (Å²) in [5.74, 6) is -1.69. The Morgan fingerprint density at radius 3 is 2.44 bits per heavy atom. The summed E-state index contributed by atoms with van der Waals surface area (Å²) < 4.78 is 13.2. The largest absolute Gasteiger partial charge is 0.481 e. The maximum atomic E-state index is 13.2. The molecule has 0 radical (unpaired) electrons. The fraction of sp³-hybridized carbons (Fsp3) is 0.462. The molecule has 1 aromatic rings. The van der Waals surface area contributed by atoms with E-state index in [9.17, 15) is 9.18 Å². The Morgan fingerprint density at radius 1 is 1.38 bits per heavy atom. The molecule has 1 N–H and O–H groups in total.